The molecule has 0 aliphatic carbocycles. The predicted molar refractivity (Wildman–Crippen MR) is 278 cm³/mol. The monoisotopic (exact) mass is 896 g/mol. The number of hydrogen-bond donors (Lipinski definition) is 0. The van der Waals surface area contributed by atoms with Crippen molar-refractivity contribution in [3.63, 3.8) is 0 Å². The number of likely N-dealkylation sites (tertiary alicyclic amines) is 2. The minimum Gasteiger partial charge on any atom is -0.369 e. The Hall–Kier alpha value is -2.78. The van der Waals surface area contributed by atoms with Crippen LogP contribution in [0.1, 0.15) is 147 Å². The van der Waals surface area contributed by atoms with Gasteiger partial charge in [0.25, 0.3) is 0 Å². The van der Waals surface area contributed by atoms with Gasteiger partial charge < -0.3 is 9.80 Å². The molecule has 0 spiro atoms. The van der Waals surface area contributed by atoms with Crippen LogP contribution >= 0.6 is 0 Å². The lowest BCUT2D eigenvalue weighted by Gasteiger charge is -2.64. The van der Waals surface area contributed by atoms with Crippen molar-refractivity contribution >= 4 is 5.69 Å². The van der Waals surface area contributed by atoms with Crippen LogP contribution in [0.15, 0.2) is 72.8 Å². The molecule has 7 nitrogen and oxygen atoms in total. The molecule has 6 saturated heterocycles. The number of nitrogens with zero attached hydrogens (tertiary/aromatic N) is 7. The molecule has 6 fully saturated rings. The normalized spacial score (nSPS) is 33.2. The Labute approximate surface area is 402 Å². The quantitative estimate of drug-likeness (QED) is 0.233. The van der Waals surface area contributed by atoms with Gasteiger partial charge in [0.2, 0.25) is 0 Å². The number of hydrogen-bond acceptors (Lipinski definition) is 7. The lowest BCUT2D eigenvalue weighted by molar-refractivity contribution is -0.131. The molecule has 2 atom stereocenters. The fourth-order valence-electron chi connectivity index (χ4n) is 13.6. The maximum Gasteiger partial charge on any atom is 0.0367 e. The minimum atomic E-state index is -0.0632. The molecule has 16 aliphatic rings. The van der Waals surface area contributed by atoms with Crippen molar-refractivity contribution in [1.29, 1.82) is 0 Å². The zero-order valence-electron chi connectivity index (χ0n) is 43.5. The molecule has 0 N–H and O–H groups in total. The second-order valence-electron chi connectivity index (χ2n) is 25.7. The zero-order chi connectivity index (χ0) is 46.4. The molecule has 360 valence electrons. The van der Waals surface area contributed by atoms with Crippen LogP contribution < -0.4 is 4.90 Å². The first-order valence-corrected chi connectivity index (χ1v) is 26.8. The molecule has 0 radical (unpaired) electrons. The van der Waals surface area contributed by atoms with Crippen LogP contribution in [-0.2, 0) is 10.8 Å². The van der Waals surface area contributed by atoms with E-state index in [0.29, 0.717) is 35.4 Å². The van der Waals surface area contributed by atoms with Gasteiger partial charge in [-0.2, -0.15) is 0 Å². The van der Waals surface area contributed by atoms with Gasteiger partial charge in [0.1, 0.15) is 0 Å². The van der Waals surface area contributed by atoms with Crippen LogP contribution in [0.2, 0.25) is 0 Å². The summed E-state index contributed by atoms with van der Waals surface area (Å²) in [6, 6.07) is 31.3. The van der Waals surface area contributed by atoms with Gasteiger partial charge >= 0.3 is 0 Å². The Kier molecular flexibility index (Phi) is 12.5. The summed E-state index contributed by atoms with van der Waals surface area (Å²) in [6.45, 7) is 45.4. The molecule has 3 aromatic rings. The maximum absolute atomic E-state index is 2.84. The summed E-state index contributed by atoms with van der Waals surface area (Å²) in [7, 11) is 0. The Morgan fingerprint density at radius 3 is 1.61 bits per heavy atom. The van der Waals surface area contributed by atoms with Crippen LogP contribution in [0.25, 0.3) is 0 Å². The van der Waals surface area contributed by atoms with E-state index in [1.807, 2.05) is 0 Å². The van der Waals surface area contributed by atoms with Gasteiger partial charge in [0.15, 0.2) is 0 Å². The number of benzene rings is 3. The Balaban J connectivity index is 0.842. The predicted octanol–water partition coefficient (Wildman–Crippen LogP) is 9.88. The summed E-state index contributed by atoms with van der Waals surface area (Å²) in [4.78, 5) is 19.2. The molecule has 0 amide bonds. The van der Waals surface area contributed by atoms with Gasteiger partial charge in [-0.05, 0) is 150 Å². The second kappa shape index (κ2) is 17.6. The van der Waals surface area contributed by atoms with Crippen molar-refractivity contribution in [2.24, 2.45) is 5.92 Å². The highest BCUT2D eigenvalue weighted by Crippen LogP contribution is 2.49. The third-order valence-corrected chi connectivity index (χ3v) is 20.5. The lowest BCUT2D eigenvalue weighted by atomic mass is 9.57. The Morgan fingerprint density at radius 1 is 0.561 bits per heavy atom. The number of piperidine rings is 1. The van der Waals surface area contributed by atoms with Crippen molar-refractivity contribution in [2.75, 3.05) is 103 Å². The average molecular weight is 896 g/mol. The highest BCUT2D eigenvalue weighted by molar-refractivity contribution is 5.51. The second-order valence-corrected chi connectivity index (χ2v) is 25.7. The number of rotatable bonds is 7. The van der Waals surface area contributed by atoms with E-state index in [4.69, 9.17) is 0 Å². The number of piperazine rings is 1. The molecule has 0 aromatic heterocycles. The molecule has 3 aromatic carbocycles. The minimum absolute atomic E-state index is 0.0505. The van der Waals surface area contributed by atoms with E-state index in [9.17, 15) is 0 Å². The van der Waals surface area contributed by atoms with Gasteiger partial charge in [-0.1, -0.05) is 88.4 Å². The first-order chi connectivity index (χ1) is 31.3. The maximum atomic E-state index is 2.84. The standard InChI is InChI=1S/C59H89N7/c1-43(45-12-14-47(15-13-45)49-37-60(38-49)34-44-35-64(36-44)55(2,3)4)24-27-59(11)51-20-22-52(23-21-51)62-30-32-63(33-31-62)54-41-66(42-54)58(9,10)57(7,8)65-39-53(40-65)61-28-25-48(26-29-61)46-16-18-50(19-17-46)56(59,5)6/h12-23,43-44,48-49,53-54H,24-42H2,1-11H3/t43-,59+/m1/s1. The van der Waals surface area contributed by atoms with Crippen LogP contribution in [0.4, 0.5) is 5.69 Å². The van der Waals surface area contributed by atoms with E-state index >= 15 is 0 Å². The largest absolute Gasteiger partial charge is 0.369 e. The number of anilines is 1. The van der Waals surface area contributed by atoms with Crippen LogP contribution in [0, 0.1) is 5.92 Å². The molecular formula is C59H89N7. The molecule has 66 heavy (non-hydrogen) atoms. The van der Waals surface area contributed by atoms with Crippen LogP contribution in [0.3, 0.4) is 0 Å². The highest BCUT2D eigenvalue weighted by Gasteiger charge is 2.54. The van der Waals surface area contributed by atoms with Crippen LogP contribution in [0.5, 0.6) is 0 Å². The van der Waals surface area contributed by atoms with Gasteiger partial charge in [-0.3, -0.25) is 24.5 Å². The molecular weight excluding hydrogens is 807 g/mol. The summed E-state index contributed by atoms with van der Waals surface area (Å²) < 4.78 is 0. The average Bonchev–Trinajstić information content (AvgIpc) is 3.23. The van der Waals surface area contributed by atoms with Gasteiger partial charge in [0, 0.05) is 131 Å². The fraction of sp³-hybridized carbons (Fsp3) is 0.695. The van der Waals surface area contributed by atoms with Gasteiger partial charge in [-0.25, -0.2) is 0 Å². The van der Waals surface area contributed by atoms with E-state index in [2.05, 4.69) is 183 Å². The third kappa shape index (κ3) is 8.54. The Morgan fingerprint density at radius 2 is 1.06 bits per heavy atom. The van der Waals surface area contributed by atoms with E-state index in [-0.39, 0.29) is 21.9 Å². The van der Waals surface area contributed by atoms with Crippen molar-refractivity contribution in [2.45, 2.75) is 159 Å². The molecule has 19 rings (SSSR count). The first-order valence-electron chi connectivity index (χ1n) is 26.8. The summed E-state index contributed by atoms with van der Waals surface area (Å²) in [5.74, 6) is 2.69. The first kappa shape index (κ1) is 46.9. The molecule has 12 bridgehead atoms. The molecule has 7 heteroatoms. The summed E-state index contributed by atoms with van der Waals surface area (Å²) in [6.07, 6.45) is 4.85. The lowest BCUT2D eigenvalue weighted by Crippen LogP contribution is -2.77. The van der Waals surface area contributed by atoms with Crippen molar-refractivity contribution < 1.29 is 0 Å². The molecule has 16 aliphatic heterocycles. The topological polar surface area (TPSA) is 22.7 Å². The Bertz CT molecular complexity index is 2100. The van der Waals surface area contributed by atoms with E-state index in [1.54, 1.807) is 5.56 Å². The van der Waals surface area contributed by atoms with E-state index < -0.39 is 0 Å². The van der Waals surface area contributed by atoms with Crippen molar-refractivity contribution in [3.8, 4) is 0 Å². The fourth-order valence-corrected chi connectivity index (χ4v) is 13.6. The van der Waals surface area contributed by atoms with E-state index in [1.165, 1.54) is 113 Å². The molecule has 0 unspecified atom stereocenters. The summed E-state index contributed by atoms with van der Waals surface area (Å²) >= 11 is 0. The SMILES string of the molecule is C[C@H](CC[C@@]1(C)c2ccc(cc2)N2CCN(CC2)C2CN(C2)C(C)(C)C(C)(C)N2CC(C2)N2CCC(CC2)c2ccc(cc2)C1(C)C)c1ccc(C2CN(CC3CN(C(C)(C)C)C3)C2)cc1. The summed E-state index contributed by atoms with van der Waals surface area (Å²) in [5, 5.41) is 0. The third-order valence-electron chi connectivity index (χ3n) is 20.5. The van der Waals surface area contributed by atoms with Gasteiger partial charge in [0.05, 0.1) is 0 Å². The molecule has 0 saturated carbocycles. The highest BCUT2D eigenvalue weighted by atomic mass is 15.4. The van der Waals surface area contributed by atoms with Crippen molar-refractivity contribution in [3.05, 3.63) is 101 Å². The smallest absolute Gasteiger partial charge is 0.0367 e. The van der Waals surface area contributed by atoms with Gasteiger partial charge in [-0.15, -0.1) is 0 Å². The van der Waals surface area contributed by atoms with E-state index in [0.717, 1.165) is 44.9 Å². The van der Waals surface area contributed by atoms with Crippen molar-refractivity contribution in [1.82, 2.24) is 29.4 Å². The molecule has 16 heterocycles. The van der Waals surface area contributed by atoms with Crippen LogP contribution in [-0.4, -0.2) is 156 Å². The summed E-state index contributed by atoms with van der Waals surface area (Å²) in [5.41, 5.74) is 9.38. The zero-order valence-corrected chi connectivity index (χ0v) is 43.5.